The van der Waals surface area contributed by atoms with Crippen molar-refractivity contribution in [2.75, 3.05) is 26.0 Å². The van der Waals surface area contributed by atoms with Crippen LogP contribution in [0.15, 0.2) is 18.2 Å². The molecule has 0 saturated carbocycles. The molecule has 1 unspecified atom stereocenters. The minimum absolute atomic E-state index is 0.118. The summed E-state index contributed by atoms with van der Waals surface area (Å²) in [6.07, 6.45) is 0.993. The Morgan fingerprint density at radius 3 is 2.79 bits per heavy atom. The first-order chi connectivity index (χ1) is 8.99. The number of hydrogen-bond donors (Lipinski definition) is 2. The molecule has 1 aromatic rings. The van der Waals surface area contributed by atoms with E-state index in [-0.39, 0.29) is 11.8 Å². The van der Waals surface area contributed by atoms with Gasteiger partial charge in [0.05, 0.1) is 0 Å². The minimum atomic E-state index is -0.524. The van der Waals surface area contributed by atoms with Crippen molar-refractivity contribution in [3.05, 3.63) is 29.3 Å². The molecule has 1 aliphatic rings. The first-order valence-corrected chi connectivity index (χ1v) is 6.38. The van der Waals surface area contributed by atoms with Crippen molar-refractivity contribution in [3.63, 3.8) is 0 Å². The molecule has 5 nitrogen and oxygen atoms in total. The van der Waals surface area contributed by atoms with E-state index in [9.17, 15) is 9.59 Å². The van der Waals surface area contributed by atoms with Crippen LogP contribution in [0, 0.1) is 0 Å². The molecule has 2 rings (SSSR count). The van der Waals surface area contributed by atoms with Gasteiger partial charge >= 0.3 is 0 Å². The Labute approximate surface area is 113 Å². The van der Waals surface area contributed by atoms with E-state index in [0.29, 0.717) is 5.56 Å². The lowest BCUT2D eigenvalue weighted by Gasteiger charge is -2.18. The van der Waals surface area contributed by atoms with Crippen LogP contribution >= 0.6 is 0 Å². The Kier molecular flexibility index (Phi) is 3.74. The van der Waals surface area contributed by atoms with Crippen molar-refractivity contribution in [1.82, 2.24) is 10.2 Å². The lowest BCUT2D eigenvalue weighted by molar-refractivity contribution is -0.130. The van der Waals surface area contributed by atoms with Gasteiger partial charge in [0, 0.05) is 31.9 Å². The highest BCUT2D eigenvalue weighted by atomic mass is 16.2. The van der Waals surface area contributed by atoms with Gasteiger partial charge in [-0.25, -0.2) is 0 Å². The highest BCUT2D eigenvalue weighted by Gasteiger charge is 2.19. The van der Waals surface area contributed by atoms with E-state index < -0.39 is 6.04 Å². The number of rotatable bonds is 3. The van der Waals surface area contributed by atoms with Gasteiger partial charge < -0.3 is 15.5 Å². The summed E-state index contributed by atoms with van der Waals surface area (Å²) < 4.78 is 0. The molecule has 1 aromatic carbocycles. The summed E-state index contributed by atoms with van der Waals surface area (Å²) in [7, 11) is 3.34. The van der Waals surface area contributed by atoms with Crippen LogP contribution in [-0.4, -0.2) is 43.4 Å². The lowest BCUT2D eigenvalue weighted by atomic mass is 10.1. The summed E-state index contributed by atoms with van der Waals surface area (Å²) in [6, 6.07) is 5.07. The number of benzene rings is 1. The Bertz CT molecular complexity index is 511. The molecular weight excluding hydrogens is 242 g/mol. The van der Waals surface area contributed by atoms with Crippen LogP contribution in [0.2, 0.25) is 0 Å². The third-order valence-electron chi connectivity index (χ3n) is 3.24. The number of fused-ring (bicyclic) bond motifs is 1. The first-order valence-electron chi connectivity index (χ1n) is 6.38. The fourth-order valence-electron chi connectivity index (χ4n) is 2.16. The maximum Gasteiger partial charge on any atom is 0.251 e. The summed E-state index contributed by atoms with van der Waals surface area (Å²) in [5.74, 6) is -0.341. The van der Waals surface area contributed by atoms with E-state index in [4.69, 9.17) is 0 Å². The molecule has 0 radical (unpaired) electrons. The second-order valence-electron chi connectivity index (χ2n) is 4.98. The number of nitrogens with zero attached hydrogens (tertiary/aromatic N) is 1. The third-order valence-corrected chi connectivity index (χ3v) is 3.24. The summed E-state index contributed by atoms with van der Waals surface area (Å²) >= 11 is 0. The van der Waals surface area contributed by atoms with E-state index in [1.165, 1.54) is 10.5 Å². The largest absolute Gasteiger partial charge is 0.384 e. The zero-order valence-electron chi connectivity index (χ0n) is 11.5. The van der Waals surface area contributed by atoms with Crippen LogP contribution in [0.4, 0.5) is 5.69 Å². The van der Waals surface area contributed by atoms with Crippen molar-refractivity contribution in [3.8, 4) is 0 Å². The molecule has 1 heterocycles. The number of carbonyl (C=O) groups is 2. The molecule has 0 fully saturated rings. The molecule has 0 saturated heterocycles. The molecule has 5 heteroatoms. The normalized spacial score (nSPS) is 14.3. The van der Waals surface area contributed by atoms with Crippen LogP contribution < -0.4 is 10.6 Å². The molecule has 0 aliphatic carbocycles. The van der Waals surface area contributed by atoms with Gasteiger partial charge in [-0.1, -0.05) is 6.07 Å². The number of nitrogens with one attached hydrogen (secondary N) is 2. The van der Waals surface area contributed by atoms with Gasteiger partial charge in [-0.2, -0.15) is 0 Å². The van der Waals surface area contributed by atoms with Crippen molar-refractivity contribution in [2.45, 2.75) is 19.4 Å². The van der Waals surface area contributed by atoms with E-state index in [2.05, 4.69) is 10.6 Å². The van der Waals surface area contributed by atoms with E-state index in [1.807, 2.05) is 12.1 Å². The van der Waals surface area contributed by atoms with Crippen LogP contribution in [0.25, 0.3) is 0 Å². The van der Waals surface area contributed by atoms with Gasteiger partial charge in [0.15, 0.2) is 0 Å². The van der Waals surface area contributed by atoms with E-state index in [1.54, 1.807) is 27.1 Å². The smallest absolute Gasteiger partial charge is 0.251 e. The second kappa shape index (κ2) is 5.30. The molecular formula is C14H19N3O2. The number of hydrogen-bond acceptors (Lipinski definition) is 3. The molecule has 2 N–H and O–H groups in total. The van der Waals surface area contributed by atoms with Crippen molar-refractivity contribution in [2.24, 2.45) is 0 Å². The molecule has 1 atom stereocenters. The number of amides is 2. The Hall–Kier alpha value is -2.04. The Morgan fingerprint density at radius 1 is 1.37 bits per heavy atom. The summed E-state index contributed by atoms with van der Waals surface area (Å²) in [5, 5.41) is 5.95. The van der Waals surface area contributed by atoms with Gasteiger partial charge in [-0.15, -0.1) is 0 Å². The SMILES string of the molecule is CC(NC(=O)c1ccc2c(c1)NCC2)C(=O)N(C)C. The third kappa shape index (κ3) is 2.86. The Morgan fingerprint density at radius 2 is 2.11 bits per heavy atom. The number of carbonyl (C=O) groups excluding carboxylic acids is 2. The van der Waals surface area contributed by atoms with Crippen molar-refractivity contribution in [1.29, 1.82) is 0 Å². The zero-order chi connectivity index (χ0) is 14.0. The van der Waals surface area contributed by atoms with Gasteiger partial charge in [-0.05, 0) is 31.0 Å². The van der Waals surface area contributed by atoms with Crippen LogP contribution in [-0.2, 0) is 11.2 Å². The maximum absolute atomic E-state index is 12.1. The van der Waals surface area contributed by atoms with Crippen molar-refractivity contribution < 1.29 is 9.59 Å². The molecule has 2 amide bonds. The molecule has 0 spiro atoms. The molecule has 102 valence electrons. The topological polar surface area (TPSA) is 61.4 Å². The van der Waals surface area contributed by atoms with Crippen LogP contribution in [0.5, 0.6) is 0 Å². The average molecular weight is 261 g/mol. The number of likely N-dealkylation sites (N-methyl/N-ethyl adjacent to an activating group) is 1. The van der Waals surface area contributed by atoms with Crippen LogP contribution in [0.1, 0.15) is 22.8 Å². The Balaban J connectivity index is 2.06. The quantitative estimate of drug-likeness (QED) is 0.848. The average Bonchev–Trinajstić information content (AvgIpc) is 2.84. The fraction of sp³-hybridized carbons (Fsp3) is 0.429. The molecule has 0 bridgehead atoms. The summed E-state index contributed by atoms with van der Waals surface area (Å²) in [6.45, 7) is 2.60. The monoisotopic (exact) mass is 261 g/mol. The van der Waals surface area contributed by atoms with E-state index >= 15 is 0 Å². The maximum atomic E-state index is 12.1. The molecule has 19 heavy (non-hydrogen) atoms. The fourth-order valence-corrected chi connectivity index (χ4v) is 2.16. The molecule has 1 aliphatic heterocycles. The van der Waals surface area contributed by atoms with Crippen LogP contribution in [0.3, 0.4) is 0 Å². The van der Waals surface area contributed by atoms with Gasteiger partial charge in [0.25, 0.3) is 5.91 Å². The predicted octanol–water partition coefficient (Wildman–Crippen LogP) is 0.861. The second-order valence-corrected chi connectivity index (χ2v) is 4.98. The molecule has 0 aromatic heterocycles. The summed E-state index contributed by atoms with van der Waals surface area (Å²) in [4.78, 5) is 25.2. The van der Waals surface area contributed by atoms with Gasteiger partial charge in [0.1, 0.15) is 6.04 Å². The lowest BCUT2D eigenvalue weighted by Crippen LogP contribution is -2.44. The van der Waals surface area contributed by atoms with Gasteiger partial charge in [-0.3, -0.25) is 9.59 Å². The number of anilines is 1. The minimum Gasteiger partial charge on any atom is -0.384 e. The summed E-state index contributed by atoms with van der Waals surface area (Å²) in [5.41, 5.74) is 2.82. The zero-order valence-corrected chi connectivity index (χ0v) is 11.5. The van der Waals surface area contributed by atoms with Gasteiger partial charge in [0.2, 0.25) is 5.91 Å². The van der Waals surface area contributed by atoms with Crippen molar-refractivity contribution >= 4 is 17.5 Å². The predicted molar refractivity (Wildman–Crippen MR) is 74.3 cm³/mol. The highest BCUT2D eigenvalue weighted by molar-refractivity contribution is 5.98. The first kappa shape index (κ1) is 13.4. The highest BCUT2D eigenvalue weighted by Crippen LogP contribution is 2.23. The standard InChI is InChI=1S/C14H19N3O2/c1-9(14(19)17(2)3)16-13(18)11-5-4-10-6-7-15-12(10)8-11/h4-5,8-9,15H,6-7H2,1-3H3,(H,16,18). The van der Waals surface area contributed by atoms with E-state index in [0.717, 1.165) is 18.7 Å².